The van der Waals surface area contributed by atoms with Crippen molar-refractivity contribution < 1.29 is 0 Å². The SMILES string of the molecule is CC1CCCN(c2cnccc2Cl)C1. The predicted octanol–water partition coefficient (Wildman–Crippen LogP) is 2.97. The third-order valence-electron chi connectivity index (χ3n) is 2.75. The fourth-order valence-corrected chi connectivity index (χ4v) is 2.23. The Kier molecular flexibility index (Phi) is 2.92. The minimum atomic E-state index is 0.764. The van der Waals surface area contributed by atoms with Gasteiger partial charge in [-0.1, -0.05) is 18.5 Å². The van der Waals surface area contributed by atoms with Gasteiger partial charge >= 0.3 is 0 Å². The summed E-state index contributed by atoms with van der Waals surface area (Å²) in [6, 6.07) is 1.86. The molecule has 0 spiro atoms. The topological polar surface area (TPSA) is 16.1 Å². The summed E-state index contributed by atoms with van der Waals surface area (Å²) in [5, 5.41) is 0.814. The number of piperidine rings is 1. The average Bonchev–Trinajstić information content (AvgIpc) is 2.18. The number of hydrogen-bond donors (Lipinski definition) is 0. The Hall–Kier alpha value is -0.760. The van der Waals surface area contributed by atoms with Crippen molar-refractivity contribution in [2.75, 3.05) is 18.0 Å². The van der Waals surface area contributed by atoms with Crippen LogP contribution in [0.4, 0.5) is 5.69 Å². The number of pyridine rings is 1. The van der Waals surface area contributed by atoms with Gasteiger partial charge in [0.25, 0.3) is 0 Å². The lowest BCUT2D eigenvalue weighted by Crippen LogP contribution is -2.34. The van der Waals surface area contributed by atoms with Crippen molar-refractivity contribution in [3.63, 3.8) is 0 Å². The van der Waals surface area contributed by atoms with E-state index in [1.165, 1.54) is 12.8 Å². The molecule has 0 radical (unpaired) electrons. The highest BCUT2D eigenvalue weighted by Crippen LogP contribution is 2.28. The van der Waals surface area contributed by atoms with Gasteiger partial charge in [0.2, 0.25) is 0 Å². The van der Waals surface area contributed by atoms with E-state index >= 15 is 0 Å². The van der Waals surface area contributed by atoms with Crippen molar-refractivity contribution in [2.45, 2.75) is 19.8 Å². The molecule has 1 fully saturated rings. The molecule has 1 atom stereocenters. The van der Waals surface area contributed by atoms with E-state index in [1.807, 2.05) is 12.3 Å². The predicted molar refractivity (Wildman–Crippen MR) is 59.9 cm³/mol. The Bertz CT molecular complexity index is 314. The fraction of sp³-hybridized carbons (Fsp3) is 0.545. The molecule has 2 nitrogen and oxygen atoms in total. The molecule has 0 aliphatic carbocycles. The molecule has 0 saturated carbocycles. The summed E-state index contributed by atoms with van der Waals surface area (Å²) in [6.45, 7) is 4.50. The third-order valence-corrected chi connectivity index (χ3v) is 3.07. The summed E-state index contributed by atoms with van der Waals surface area (Å²) < 4.78 is 0. The average molecular weight is 211 g/mol. The molecule has 0 N–H and O–H groups in total. The first kappa shape index (κ1) is 9.78. The van der Waals surface area contributed by atoms with Crippen molar-refractivity contribution in [1.29, 1.82) is 0 Å². The van der Waals surface area contributed by atoms with Crippen molar-refractivity contribution in [1.82, 2.24) is 4.98 Å². The first-order valence-corrected chi connectivity index (χ1v) is 5.49. The Morgan fingerprint density at radius 1 is 1.57 bits per heavy atom. The van der Waals surface area contributed by atoms with Crippen LogP contribution < -0.4 is 4.90 Å². The second-order valence-corrected chi connectivity index (χ2v) is 4.43. The lowest BCUT2D eigenvalue weighted by atomic mass is 10.00. The number of halogens is 1. The quantitative estimate of drug-likeness (QED) is 0.709. The van der Waals surface area contributed by atoms with Gasteiger partial charge in [-0.15, -0.1) is 0 Å². The Labute approximate surface area is 89.9 Å². The monoisotopic (exact) mass is 210 g/mol. The molecule has 1 aliphatic heterocycles. The molecule has 2 heterocycles. The molecule has 0 bridgehead atoms. The normalized spacial score (nSPS) is 22.4. The van der Waals surface area contributed by atoms with Gasteiger partial charge in [-0.25, -0.2) is 0 Å². The molecule has 1 aromatic heterocycles. The summed E-state index contributed by atoms with van der Waals surface area (Å²) in [5.41, 5.74) is 1.08. The van der Waals surface area contributed by atoms with Crippen molar-refractivity contribution in [3.8, 4) is 0 Å². The molecule has 14 heavy (non-hydrogen) atoms. The minimum Gasteiger partial charge on any atom is -0.369 e. The van der Waals surface area contributed by atoms with Crippen LogP contribution in [0.25, 0.3) is 0 Å². The van der Waals surface area contributed by atoms with Gasteiger partial charge < -0.3 is 4.90 Å². The van der Waals surface area contributed by atoms with E-state index in [0.717, 1.165) is 29.7 Å². The van der Waals surface area contributed by atoms with Crippen LogP contribution in [-0.4, -0.2) is 18.1 Å². The summed E-state index contributed by atoms with van der Waals surface area (Å²) in [4.78, 5) is 6.46. The summed E-state index contributed by atoms with van der Waals surface area (Å²) in [5.74, 6) is 0.764. The van der Waals surface area contributed by atoms with Crippen LogP contribution in [0.5, 0.6) is 0 Å². The van der Waals surface area contributed by atoms with Gasteiger partial charge in [0.15, 0.2) is 0 Å². The van der Waals surface area contributed by atoms with Gasteiger partial charge in [-0.3, -0.25) is 4.98 Å². The molecule has 1 saturated heterocycles. The third kappa shape index (κ3) is 2.01. The Morgan fingerprint density at radius 3 is 3.14 bits per heavy atom. The van der Waals surface area contributed by atoms with E-state index < -0.39 is 0 Å². The zero-order chi connectivity index (χ0) is 9.97. The van der Waals surface area contributed by atoms with Crippen molar-refractivity contribution in [3.05, 3.63) is 23.5 Å². The van der Waals surface area contributed by atoms with Crippen molar-refractivity contribution in [2.24, 2.45) is 5.92 Å². The molecule has 3 heteroatoms. The smallest absolute Gasteiger partial charge is 0.0742 e. The van der Waals surface area contributed by atoms with E-state index in [-0.39, 0.29) is 0 Å². The highest BCUT2D eigenvalue weighted by atomic mass is 35.5. The van der Waals surface area contributed by atoms with E-state index in [9.17, 15) is 0 Å². The maximum atomic E-state index is 6.12. The minimum absolute atomic E-state index is 0.764. The molecule has 0 amide bonds. The zero-order valence-electron chi connectivity index (χ0n) is 8.41. The van der Waals surface area contributed by atoms with Crippen molar-refractivity contribution >= 4 is 17.3 Å². The molecule has 2 rings (SSSR count). The molecule has 0 aromatic carbocycles. The fourth-order valence-electron chi connectivity index (χ4n) is 2.01. The highest BCUT2D eigenvalue weighted by Gasteiger charge is 2.18. The maximum Gasteiger partial charge on any atom is 0.0742 e. The first-order chi connectivity index (χ1) is 6.77. The van der Waals surface area contributed by atoms with Crippen LogP contribution in [0.3, 0.4) is 0 Å². The largest absolute Gasteiger partial charge is 0.369 e. The highest BCUT2D eigenvalue weighted by molar-refractivity contribution is 6.33. The van der Waals surface area contributed by atoms with E-state index in [2.05, 4.69) is 16.8 Å². The van der Waals surface area contributed by atoms with E-state index in [1.54, 1.807) is 6.20 Å². The van der Waals surface area contributed by atoms with Crippen LogP contribution in [0.15, 0.2) is 18.5 Å². The molecule has 76 valence electrons. The van der Waals surface area contributed by atoms with Gasteiger partial charge in [0, 0.05) is 19.3 Å². The lowest BCUT2D eigenvalue weighted by Gasteiger charge is -2.32. The first-order valence-electron chi connectivity index (χ1n) is 5.12. The van der Waals surface area contributed by atoms with Crippen LogP contribution >= 0.6 is 11.6 Å². The van der Waals surface area contributed by atoms with E-state index in [4.69, 9.17) is 11.6 Å². The van der Waals surface area contributed by atoms with Crippen LogP contribution in [-0.2, 0) is 0 Å². The number of rotatable bonds is 1. The number of nitrogens with zero attached hydrogens (tertiary/aromatic N) is 2. The second kappa shape index (κ2) is 4.18. The number of anilines is 1. The standard InChI is InChI=1S/C11H15ClN2/c1-9-3-2-6-14(8-9)11-7-13-5-4-10(11)12/h4-5,7,9H,2-3,6,8H2,1H3. The molecule has 1 aromatic rings. The molecular weight excluding hydrogens is 196 g/mol. The summed E-state index contributed by atoms with van der Waals surface area (Å²) >= 11 is 6.12. The van der Waals surface area contributed by atoms with Gasteiger partial charge in [0.05, 0.1) is 16.9 Å². The van der Waals surface area contributed by atoms with Gasteiger partial charge in [-0.2, -0.15) is 0 Å². The number of hydrogen-bond acceptors (Lipinski definition) is 2. The summed E-state index contributed by atoms with van der Waals surface area (Å²) in [6.07, 6.45) is 6.18. The zero-order valence-corrected chi connectivity index (χ0v) is 9.17. The van der Waals surface area contributed by atoms with Gasteiger partial charge in [-0.05, 0) is 24.8 Å². The summed E-state index contributed by atoms with van der Waals surface area (Å²) in [7, 11) is 0. The molecule has 1 unspecified atom stereocenters. The number of aromatic nitrogens is 1. The Balaban J connectivity index is 2.18. The molecular formula is C11H15ClN2. The second-order valence-electron chi connectivity index (χ2n) is 4.02. The maximum absolute atomic E-state index is 6.12. The van der Waals surface area contributed by atoms with Crippen LogP contribution in [0, 0.1) is 5.92 Å². The van der Waals surface area contributed by atoms with Gasteiger partial charge in [0.1, 0.15) is 0 Å². The molecule has 1 aliphatic rings. The lowest BCUT2D eigenvalue weighted by molar-refractivity contribution is 0.446. The van der Waals surface area contributed by atoms with E-state index in [0.29, 0.717) is 0 Å². The van der Waals surface area contributed by atoms with Crippen LogP contribution in [0.2, 0.25) is 5.02 Å². The Morgan fingerprint density at radius 2 is 2.43 bits per heavy atom. The van der Waals surface area contributed by atoms with Crippen LogP contribution in [0.1, 0.15) is 19.8 Å².